The summed E-state index contributed by atoms with van der Waals surface area (Å²) < 4.78 is 0. The van der Waals surface area contributed by atoms with Crippen LogP contribution in [-0.4, -0.2) is 11.5 Å². The van der Waals surface area contributed by atoms with Gasteiger partial charge in [0.2, 0.25) is 0 Å². The molecule has 1 heterocycles. The van der Waals surface area contributed by atoms with Gasteiger partial charge in [0.1, 0.15) is 0 Å². The molecular weight excluding hydrogens is 160 g/mol. The van der Waals surface area contributed by atoms with Gasteiger partial charge in [-0.2, -0.15) is 0 Å². The van der Waals surface area contributed by atoms with Gasteiger partial charge in [0.05, 0.1) is 0 Å². The first-order chi connectivity index (χ1) is 6.34. The highest BCUT2D eigenvalue weighted by Gasteiger charge is 1.94. The van der Waals surface area contributed by atoms with Crippen LogP contribution in [0.5, 0.6) is 0 Å². The third-order valence-corrected chi connectivity index (χ3v) is 1.96. The average Bonchev–Trinajstić information content (AvgIpc) is 2.15. The van der Waals surface area contributed by atoms with Crippen LogP contribution in [0.2, 0.25) is 0 Å². The number of hydrogen-bond acceptors (Lipinski definition) is 2. The second-order valence-corrected chi connectivity index (χ2v) is 3.00. The van der Waals surface area contributed by atoms with Crippen LogP contribution in [-0.2, 0) is 6.54 Å². The molecule has 0 aromatic carbocycles. The molecule has 2 heteroatoms. The number of hydrogen-bond donors (Lipinski definition) is 1. The minimum atomic E-state index is 0.893. The van der Waals surface area contributed by atoms with E-state index in [1.807, 2.05) is 31.5 Å². The van der Waals surface area contributed by atoms with Gasteiger partial charge < -0.3 is 5.32 Å². The second-order valence-electron chi connectivity index (χ2n) is 3.00. The monoisotopic (exact) mass is 176 g/mol. The molecule has 1 aromatic heterocycles. The Kier molecular flexibility index (Phi) is 4.19. The molecule has 13 heavy (non-hydrogen) atoms. The maximum absolute atomic E-state index is 4.09. The molecule has 70 valence electrons. The van der Waals surface area contributed by atoms with Gasteiger partial charge in [-0.25, -0.2) is 0 Å². The Bertz CT molecular complexity index is 279. The van der Waals surface area contributed by atoms with E-state index >= 15 is 0 Å². The lowest BCUT2D eigenvalue weighted by Gasteiger charge is -2.04. The van der Waals surface area contributed by atoms with E-state index in [1.54, 1.807) is 0 Å². The second kappa shape index (κ2) is 5.49. The maximum Gasteiger partial charge on any atom is 0.0315 e. The molecule has 0 unspecified atom stereocenters. The summed E-state index contributed by atoms with van der Waals surface area (Å²) in [4.78, 5) is 4.09. The molecule has 0 saturated carbocycles. The van der Waals surface area contributed by atoms with E-state index in [0.717, 1.165) is 13.1 Å². The largest absolute Gasteiger partial charge is 0.309 e. The molecule has 0 aliphatic carbocycles. The predicted octanol–water partition coefficient (Wildman–Crippen LogP) is 2.06. The summed E-state index contributed by atoms with van der Waals surface area (Å²) in [5.74, 6) is 0. The fraction of sp³-hybridized carbons (Fsp3) is 0.364. The van der Waals surface area contributed by atoms with Gasteiger partial charge in [0.25, 0.3) is 0 Å². The number of pyridine rings is 1. The lowest BCUT2D eigenvalue weighted by molar-refractivity contribution is 0.752. The molecule has 0 aliphatic heterocycles. The Morgan fingerprint density at radius 1 is 1.54 bits per heavy atom. The van der Waals surface area contributed by atoms with Crippen LogP contribution in [0.4, 0.5) is 0 Å². The van der Waals surface area contributed by atoms with Gasteiger partial charge in [-0.05, 0) is 31.0 Å². The lowest BCUT2D eigenvalue weighted by atomic mass is 10.1. The minimum absolute atomic E-state index is 0.893. The number of aromatic nitrogens is 1. The zero-order chi connectivity index (χ0) is 9.52. The Balaban J connectivity index is 2.41. The van der Waals surface area contributed by atoms with Crippen LogP contribution in [0.25, 0.3) is 0 Å². The number of aryl methyl sites for hydroxylation is 1. The molecule has 0 aliphatic rings. The molecule has 0 amide bonds. The van der Waals surface area contributed by atoms with Gasteiger partial charge in [-0.15, -0.1) is 0 Å². The summed E-state index contributed by atoms with van der Waals surface area (Å²) in [6.07, 6.45) is 7.89. The lowest BCUT2D eigenvalue weighted by Crippen LogP contribution is -2.13. The molecule has 1 aromatic rings. The van der Waals surface area contributed by atoms with Crippen molar-refractivity contribution in [1.29, 1.82) is 0 Å². The first-order valence-corrected chi connectivity index (χ1v) is 4.56. The summed E-state index contributed by atoms with van der Waals surface area (Å²) >= 11 is 0. The highest BCUT2D eigenvalue weighted by Crippen LogP contribution is 2.03. The van der Waals surface area contributed by atoms with E-state index in [0.29, 0.717) is 0 Å². The van der Waals surface area contributed by atoms with Crippen molar-refractivity contribution in [3.8, 4) is 0 Å². The van der Waals surface area contributed by atoms with Crippen LogP contribution < -0.4 is 5.32 Å². The molecule has 1 N–H and O–H groups in total. The first-order valence-electron chi connectivity index (χ1n) is 4.56. The van der Waals surface area contributed by atoms with Crippen LogP contribution in [0.3, 0.4) is 0 Å². The SMILES string of the molecule is C/C=C/CNCc1cnccc1C. The Hall–Kier alpha value is -1.15. The fourth-order valence-corrected chi connectivity index (χ4v) is 1.09. The van der Waals surface area contributed by atoms with Gasteiger partial charge in [0, 0.05) is 25.5 Å². The van der Waals surface area contributed by atoms with Crippen molar-refractivity contribution in [2.75, 3.05) is 6.54 Å². The van der Waals surface area contributed by atoms with Crippen LogP contribution in [0.1, 0.15) is 18.1 Å². The smallest absolute Gasteiger partial charge is 0.0315 e. The standard InChI is InChI=1S/C11H16N2/c1-3-4-6-12-8-11-9-13-7-5-10(11)2/h3-5,7,9,12H,6,8H2,1-2H3/b4-3+. The Morgan fingerprint density at radius 2 is 2.38 bits per heavy atom. The third-order valence-electron chi connectivity index (χ3n) is 1.96. The molecule has 0 atom stereocenters. The van der Waals surface area contributed by atoms with Crippen molar-refractivity contribution in [3.63, 3.8) is 0 Å². The zero-order valence-corrected chi connectivity index (χ0v) is 8.25. The topological polar surface area (TPSA) is 24.9 Å². The van der Waals surface area contributed by atoms with Crippen molar-refractivity contribution in [3.05, 3.63) is 41.7 Å². The zero-order valence-electron chi connectivity index (χ0n) is 8.25. The van der Waals surface area contributed by atoms with E-state index in [1.165, 1.54) is 11.1 Å². The molecule has 0 fully saturated rings. The van der Waals surface area contributed by atoms with Gasteiger partial charge in [-0.1, -0.05) is 12.2 Å². The van der Waals surface area contributed by atoms with E-state index in [4.69, 9.17) is 0 Å². The van der Waals surface area contributed by atoms with Crippen LogP contribution in [0, 0.1) is 6.92 Å². The van der Waals surface area contributed by atoms with Crippen LogP contribution in [0.15, 0.2) is 30.6 Å². The number of nitrogens with zero attached hydrogens (tertiary/aromatic N) is 1. The van der Waals surface area contributed by atoms with Crippen molar-refractivity contribution < 1.29 is 0 Å². The minimum Gasteiger partial charge on any atom is -0.309 e. The Morgan fingerprint density at radius 3 is 3.08 bits per heavy atom. The van der Waals surface area contributed by atoms with Gasteiger partial charge >= 0.3 is 0 Å². The van der Waals surface area contributed by atoms with E-state index < -0.39 is 0 Å². The molecule has 0 saturated heterocycles. The Labute approximate surface area is 79.7 Å². The fourth-order valence-electron chi connectivity index (χ4n) is 1.09. The number of rotatable bonds is 4. The summed E-state index contributed by atoms with van der Waals surface area (Å²) in [6, 6.07) is 2.03. The first kappa shape index (κ1) is 9.93. The molecule has 0 spiro atoms. The average molecular weight is 176 g/mol. The number of nitrogens with one attached hydrogen (secondary N) is 1. The van der Waals surface area contributed by atoms with Crippen molar-refractivity contribution in [2.24, 2.45) is 0 Å². The van der Waals surface area contributed by atoms with E-state index in [-0.39, 0.29) is 0 Å². The quantitative estimate of drug-likeness (QED) is 0.561. The summed E-state index contributed by atoms with van der Waals surface area (Å²) in [5, 5.41) is 3.32. The normalized spacial score (nSPS) is 10.9. The van der Waals surface area contributed by atoms with Crippen LogP contribution >= 0.6 is 0 Å². The van der Waals surface area contributed by atoms with Crippen molar-refractivity contribution in [1.82, 2.24) is 10.3 Å². The molecule has 0 radical (unpaired) electrons. The molecule has 0 bridgehead atoms. The van der Waals surface area contributed by atoms with E-state index in [2.05, 4.69) is 23.3 Å². The van der Waals surface area contributed by atoms with E-state index in [9.17, 15) is 0 Å². The predicted molar refractivity (Wildman–Crippen MR) is 55.5 cm³/mol. The highest BCUT2D eigenvalue weighted by atomic mass is 14.8. The van der Waals surface area contributed by atoms with Gasteiger partial charge in [-0.3, -0.25) is 4.98 Å². The van der Waals surface area contributed by atoms with Gasteiger partial charge in [0.15, 0.2) is 0 Å². The summed E-state index contributed by atoms with van der Waals surface area (Å²) in [5.41, 5.74) is 2.56. The summed E-state index contributed by atoms with van der Waals surface area (Å²) in [6.45, 7) is 5.94. The summed E-state index contributed by atoms with van der Waals surface area (Å²) in [7, 11) is 0. The third kappa shape index (κ3) is 3.38. The van der Waals surface area contributed by atoms with Crippen molar-refractivity contribution in [2.45, 2.75) is 20.4 Å². The molecule has 2 nitrogen and oxygen atoms in total. The molecule has 1 rings (SSSR count). The molecular formula is C11H16N2. The van der Waals surface area contributed by atoms with Crippen molar-refractivity contribution >= 4 is 0 Å². The highest BCUT2D eigenvalue weighted by molar-refractivity contribution is 5.21. The maximum atomic E-state index is 4.09. The number of allylic oxidation sites excluding steroid dienone is 1.